The summed E-state index contributed by atoms with van der Waals surface area (Å²) in [5.41, 5.74) is 3.21. The minimum Gasteiger partial charge on any atom is -0.372 e. The Kier molecular flexibility index (Phi) is 7.44. The van der Waals surface area contributed by atoms with E-state index in [-0.39, 0.29) is 11.4 Å². The molecule has 4 nitrogen and oxygen atoms in total. The number of hydrogen-bond acceptors (Lipinski definition) is 3. The van der Waals surface area contributed by atoms with Crippen molar-refractivity contribution in [1.82, 2.24) is 10.6 Å². The summed E-state index contributed by atoms with van der Waals surface area (Å²) in [6, 6.07) is 22.1. The van der Waals surface area contributed by atoms with Crippen LogP contribution in [0.5, 0.6) is 0 Å². The molecule has 0 fully saturated rings. The van der Waals surface area contributed by atoms with Gasteiger partial charge in [0.25, 0.3) is 0 Å². The topological polar surface area (TPSA) is 50.4 Å². The smallest absolute Gasteiger partial charge is 0.315 e. The van der Waals surface area contributed by atoms with E-state index in [4.69, 9.17) is 4.74 Å². The Labute approximate surface area is 176 Å². The molecule has 0 saturated carbocycles. The highest BCUT2D eigenvalue weighted by atomic mass is 32.1. The van der Waals surface area contributed by atoms with Gasteiger partial charge in [-0.25, -0.2) is 4.79 Å². The predicted molar refractivity (Wildman–Crippen MR) is 119 cm³/mol. The first-order valence-corrected chi connectivity index (χ1v) is 10.7. The molecule has 2 aromatic carbocycles. The van der Waals surface area contributed by atoms with Crippen LogP contribution in [0, 0.1) is 0 Å². The van der Waals surface area contributed by atoms with Crippen LogP contribution in [0.2, 0.25) is 0 Å². The maximum Gasteiger partial charge on any atom is 0.315 e. The van der Waals surface area contributed by atoms with E-state index in [1.54, 1.807) is 11.3 Å². The van der Waals surface area contributed by atoms with Gasteiger partial charge in [-0.15, -0.1) is 11.3 Å². The van der Waals surface area contributed by atoms with Crippen LogP contribution in [0.25, 0.3) is 0 Å². The van der Waals surface area contributed by atoms with E-state index >= 15 is 0 Å². The quantitative estimate of drug-likeness (QED) is 0.509. The van der Waals surface area contributed by atoms with Gasteiger partial charge in [0.05, 0.1) is 13.2 Å². The second kappa shape index (κ2) is 10.2. The van der Waals surface area contributed by atoms with Crippen LogP contribution in [0.3, 0.4) is 0 Å². The summed E-state index contributed by atoms with van der Waals surface area (Å²) in [7, 11) is 0. The third-order valence-electron chi connectivity index (χ3n) is 4.81. The van der Waals surface area contributed by atoms with Crippen LogP contribution in [-0.2, 0) is 29.9 Å². The zero-order valence-electron chi connectivity index (χ0n) is 17.0. The summed E-state index contributed by atoms with van der Waals surface area (Å²) in [6.07, 6.45) is 0. The molecule has 0 bridgehead atoms. The zero-order valence-corrected chi connectivity index (χ0v) is 17.8. The molecule has 0 aliphatic carbocycles. The first-order chi connectivity index (χ1) is 14.0. The van der Waals surface area contributed by atoms with Gasteiger partial charge in [-0.05, 0) is 28.1 Å². The van der Waals surface area contributed by atoms with Gasteiger partial charge >= 0.3 is 6.03 Å². The maximum atomic E-state index is 12.3. The molecule has 5 heteroatoms. The number of carbonyl (C=O) groups is 1. The molecule has 0 unspecified atom stereocenters. The van der Waals surface area contributed by atoms with Crippen LogP contribution in [0.4, 0.5) is 4.79 Å². The highest BCUT2D eigenvalue weighted by molar-refractivity contribution is 7.10. The lowest BCUT2D eigenvalue weighted by Crippen LogP contribution is -2.41. The monoisotopic (exact) mass is 408 g/mol. The number of hydrogen-bond donors (Lipinski definition) is 2. The van der Waals surface area contributed by atoms with Gasteiger partial charge in [-0.3, -0.25) is 0 Å². The molecular weight excluding hydrogens is 380 g/mol. The molecule has 0 atom stereocenters. The molecular formula is C24H28N2O2S. The zero-order chi connectivity index (χ0) is 20.5. The molecule has 29 heavy (non-hydrogen) atoms. The largest absolute Gasteiger partial charge is 0.372 e. The van der Waals surface area contributed by atoms with Crippen LogP contribution >= 0.6 is 11.3 Å². The van der Waals surface area contributed by atoms with E-state index in [9.17, 15) is 4.79 Å². The lowest BCUT2D eigenvalue weighted by atomic mass is 9.91. The molecule has 0 aliphatic rings. The van der Waals surface area contributed by atoms with Crippen molar-refractivity contribution >= 4 is 17.4 Å². The number of carbonyl (C=O) groups excluding carboxylic acids is 1. The van der Waals surface area contributed by atoms with Gasteiger partial charge in [0.15, 0.2) is 0 Å². The molecule has 0 saturated heterocycles. The standard InChI is InChI=1S/C24H28N2O2S/c1-24(2,22-13-8-14-29-22)18-26-23(27)25-15-20-11-6-7-12-21(20)17-28-16-19-9-4-3-5-10-19/h3-14H,15-18H2,1-2H3,(H2,25,26,27). The predicted octanol–water partition coefficient (Wildman–Crippen LogP) is 5.24. The molecule has 2 amide bonds. The third-order valence-corrected chi connectivity index (χ3v) is 6.04. The first-order valence-electron chi connectivity index (χ1n) is 9.79. The molecule has 152 valence electrons. The van der Waals surface area contributed by atoms with Crippen molar-refractivity contribution in [2.45, 2.75) is 39.0 Å². The van der Waals surface area contributed by atoms with Crippen molar-refractivity contribution in [3.8, 4) is 0 Å². The normalized spacial score (nSPS) is 11.2. The van der Waals surface area contributed by atoms with Crippen molar-refractivity contribution in [3.05, 3.63) is 93.7 Å². The third kappa shape index (κ3) is 6.44. The summed E-state index contributed by atoms with van der Waals surface area (Å²) in [5, 5.41) is 8.02. The van der Waals surface area contributed by atoms with Gasteiger partial charge in [-0.1, -0.05) is 74.5 Å². The number of urea groups is 1. The van der Waals surface area contributed by atoms with Gasteiger partial charge in [-0.2, -0.15) is 0 Å². The minimum atomic E-state index is -0.158. The summed E-state index contributed by atoms with van der Waals surface area (Å²) in [4.78, 5) is 13.6. The van der Waals surface area contributed by atoms with Crippen LogP contribution in [-0.4, -0.2) is 12.6 Å². The van der Waals surface area contributed by atoms with Crippen molar-refractivity contribution < 1.29 is 9.53 Å². The van der Waals surface area contributed by atoms with Crippen molar-refractivity contribution in [2.24, 2.45) is 0 Å². The number of ether oxygens (including phenoxy) is 1. The Morgan fingerprint density at radius 3 is 2.34 bits per heavy atom. The molecule has 3 rings (SSSR count). The molecule has 1 aromatic heterocycles. The van der Waals surface area contributed by atoms with Gasteiger partial charge in [0, 0.05) is 23.4 Å². The molecule has 0 radical (unpaired) electrons. The van der Waals surface area contributed by atoms with Crippen LogP contribution < -0.4 is 10.6 Å². The van der Waals surface area contributed by atoms with Crippen molar-refractivity contribution in [2.75, 3.05) is 6.54 Å². The fourth-order valence-corrected chi connectivity index (χ4v) is 3.87. The number of amides is 2. The average molecular weight is 409 g/mol. The van der Waals surface area contributed by atoms with E-state index in [2.05, 4.69) is 48.1 Å². The fraction of sp³-hybridized carbons (Fsp3) is 0.292. The second-order valence-electron chi connectivity index (χ2n) is 7.64. The van der Waals surface area contributed by atoms with E-state index in [1.165, 1.54) is 4.88 Å². The van der Waals surface area contributed by atoms with Crippen LogP contribution in [0.15, 0.2) is 72.1 Å². The Morgan fingerprint density at radius 1 is 0.897 bits per heavy atom. The summed E-state index contributed by atoms with van der Waals surface area (Å²) in [5.74, 6) is 0. The molecule has 0 spiro atoms. The summed E-state index contributed by atoms with van der Waals surface area (Å²) < 4.78 is 5.86. The Bertz CT molecular complexity index is 892. The Hall–Kier alpha value is -2.63. The van der Waals surface area contributed by atoms with Gasteiger partial charge < -0.3 is 15.4 Å². The average Bonchev–Trinajstić information content (AvgIpc) is 3.28. The summed E-state index contributed by atoms with van der Waals surface area (Å²) >= 11 is 1.71. The Balaban J connectivity index is 1.47. The summed E-state index contributed by atoms with van der Waals surface area (Å²) in [6.45, 7) is 6.41. The number of nitrogens with one attached hydrogen (secondary N) is 2. The van der Waals surface area contributed by atoms with Gasteiger partial charge in [0.1, 0.15) is 0 Å². The van der Waals surface area contributed by atoms with Gasteiger partial charge in [0.2, 0.25) is 0 Å². The van der Waals surface area contributed by atoms with E-state index in [1.807, 2.05) is 48.5 Å². The van der Waals surface area contributed by atoms with E-state index in [0.717, 1.165) is 16.7 Å². The lowest BCUT2D eigenvalue weighted by Gasteiger charge is -2.23. The SMILES string of the molecule is CC(C)(CNC(=O)NCc1ccccc1COCc1ccccc1)c1cccs1. The molecule has 2 N–H and O–H groups in total. The minimum absolute atomic E-state index is 0.0886. The molecule has 1 heterocycles. The fourth-order valence-electron chi connectivity index (χ4n) is 3.01. The second-order valence-corrected chi connectivity index (χ2v) is 8.59. The number of thiophene rings is 1. The highest BCUT2D eigenvalue weighted by Gasteiger charge is 2.22. The van der Waals surface area contributed by atoms with Crippen molar-refractivity contribution in [3.63, 3.8) is 0 Å². The maximum absolute atomic E-state index is 12.3. The number of benzene rings is 2. The Morgan fingerprint density at radius 2 is 1.62 bits per heavy atom. The molecule has 0 aliphatic heterocycles. The van der Waals surface area contributed by atoms with Crippen molar-refractivity contribution in [1.29, 1.82) is 0 Å². The van der Waals surface area contributed by atoms with E-state index < -0.39 is 0 Å². The first kappa shape index (κ1) is 21.1. The van der Waals surface area contributed by atoms with Crippen LogP contribution in [0.1, 0.15) is 35.4 Å². The number of rotatable bonds is 9. The highest BCUT2D eigenvalue weighted by Crippen LogP contribution is 2.26. The lowest BCUT2D eigenvalue weighted by molar-refractivity contribution is 0.106. The molecule has 3 aromatic rings. The van der Waals surface area contributed by atoms with E-state index in [0.29, 0.717) is 26.3 Å².